The second-order valence-electron chi connectivity index (χ2n) is 6.92. The molecule has 4 heteroatoms. The molecule has 0 saturated carbocycles. The van der Waals surface area contributed by atoms with Crippen molar-refractivity contribution < 1.29 is 4.84 Å². The number of nitrogens with zero attached hydrogens (tertiary/aromatic N) is 2. The van der Waals surface area contributed by atoms with Crippen LogP contribution < -0.4 is 0 Å². The molecular formula is C24H19N3O. The quantitative estimate of drug-likeness (QED) is 0.475. The summed E-state index contributed by atoms with van der Waals surface area (Å²) in [7, 11) is 0. The highest BCUT2D eigenvalue weighted by atomic mass is 16.6. The highest BCUT2D eigenvalue weighted by Crippen LogP contribution is 2.31. The first-order chi connectivity index (χ1) is 13.8. The maximum atomic E-state index is 5.74. The van der Waals surface area contributed by atoms with E-state index >= 15 is 0 Å². The molecule has 0 bridgehead atoms. The molecule has 0 amide bonds. The Labute approximate surface area is 163 Å². The fourth-order valence-electron chi connectivity index (χ4n) is 3.48. The van der Waals surface area contributed by atoms with Crippen LogP contribution in [0.4, 0.5) is 5.69 Å². The number of aromatic amines is 1. The molecule has 1 N–H and O–H groups in total. The van der Waals surface area contributed by atoms with E-state index in [4.69, 9.17) is 9.83 Å². The first-order valence-corrected chi connectivity index (χ1v) is 9.30. The number of benzene rings is 3. The number of H-pyrrole nitrogens is 1. The number of aromatic nitrogens is 1. The Bertz CT molecular complexity index is 1220. The van der Waals surface area contributed by atoms with Crippen LogP contribution in [-0.2, 0) is 11.4 Å². The molecule has 0 saturated heterocycles. The minimum Gasteiger partial charge on any atom is -0.390 e. The third kappa shape index (κ3) is 2.89. The van der Waals surface area contributed by atoms with Crippen molar-refractivity contribution in [1.82, 2.24) is 4.98 Å². The molecule has 3 aromatic carbocycles. The van der Waals surface area contributed by atoms with Crippen LogP contribution in [0.3, 0.4) is 0 Å². The third-order valence-corrected chi connectivity index (χ3v) is 4.97. The van der Waals surface area contributed by atoms with Gasteiger partial charge < -0.3 is 9.82 Å². The minimum atomic E-state index is 0.424. The van der Waals surface area contributed by atoms with Gasteiger partial charge in [-0.3, -0.25) is 0 Å². The first kappa shape index (κ1) is 16.5. The summed E-state index contributed by atoms with van der Waals surface area (Å²) >= 11 is 0. The summed E-state index contributed by atoms with van der Waals surface area (Å²) in [5, 5.41) is 5.62. The van der Waals surface area contributed by atoms with E-state index in [9.17, 15) is 0 Å². The van der Waals surface area contributed by atoms with Crippen molar-refractivity contribution in [2.75, 3.05) is 0 Å². The smallest absolute Gasteiger partial charge is 0.142 e. The Balaban J connectivity index is 1.51. The fourth-order valence-corrected chi connectivity index (χ4v) is 3.48. The number of rotatable bonds is 4. The number of aliphatic imine (C=N–C) groups is 1. The normalized spacial score (nSPS) is 14.3. The molecule has 1 aliphatic rings. The molecule has 28 heavy (non-hydrogen) atoms. The van der Waals surface area contributed by atoms with Gasteiger partial charge in [-0.2, -0.15) is 0 Å². The molecule has 0 atom stereocenters. The lowest BCUT2D eigenvalue weighted by Crippen LogP contribution is -2.13. The lowest BCUT2D eigenvalue weighted by molar-refractivity contribution is 0.131. The number of oxime groups is 1. The molecule has 1 aliphatic heterocycles. The average Bonchev–Trinajstić information content (AvgIpc) is 3.31. The fraction of sp³-hybridized carbons (Fsp3) is 0.0833. The summed E-state index contributed by atoms with van der Waals surface area (Å²) in [6, 6.07) is 24.5. The van der Waals surface area contributed by atoms with Crippen molar-refractivity contribution in [2.45, 2.75) is 13.5 Å². The van der Waals surface area contributed by atoms with Gasteiger partial charge in [0.2, 0.25) is 0 Å². The van der Waals surface area contributed by atoms with Gasteiger partial charge in [-0.25, -0.2) is 4.99 Å². The predicted octanol–water partition coefficient (Wildman–Crippen LogP) is 5.53. The molecule has 0 unspecified atom stereocenters. The van der Waals surface area contributed by atoms with Crippen LogP contribution in [0.2, 0.25) is 0 Å². The van der Waals surface area contributed by atoms with Crippen LogP contribution in [0, 0.1) is 6.92 Å². The van der Waals surface area contributed by atoms with E-state index in [2.05, 4.69) is 53.5 Å². The van der Waals surface area contributed by atoms with Gasteiger partial charge in [0.15, 0.2) is 0 Å². The van der Waals surface area contributed by atoms with E-state index in [1.54, 1.807) is 0 Å². The third-order valence-electron chi connectivity index (χ3n) is 4.97. The average molecular weight is 365 g/mol. The van der Waals surface area contributed by atoms with Crippen molar-refractivity contribution in [3.05, 3.63) is 101 Å². The number of para-hydroxylation sites is 2. The summed E-state index contributed by atoms with van der Waals surface area (Å²) in [6.45, 7) is 2.50. The molecule has 5 rings (SSSR count). The zero-order valence-electron chi connectivity index (χ0n) is 15.5. The van der Waals surface area contributed by atoms with Gasteiger partial charge in [-0.1, -0.05) is 71.4 Å². The van der Waals surface area contributed by atoms with E-state index in [-0.39, 0.29) is 0 Å². The molecule has 0 radical (unpaired) electrons. The van der Waals surface area contributed by atoms with Crippen molar-refractivity contribution in [1.29, 1.82) is 0 Å². The number of nitrogens with one attached hydrogen (secondary N) is 1. The maximum Gasteiger partial charge on any atom is 0.142 e. The summed E-state index contributed by atoms with van der Waals surface area (Å²) in [5.41, 5.74) is 7.95. The molecule has 2 heterocycles. The molecular weight excluding hydrogens is 346 g/mol. The van der Waals surface area contributed by atoms with Gasteiger partial charge in [-0.15, -0.1) is 0 Å². The molecule has 0 spiro atoms. The van der Waals surface area contributed by atoms with Crippen molar-refractivity contribution in [3.8, 4) is 0 Å². The van der Waals surface area contributed by atoms with Gasteiger partial charge in [0, 0.05) is 28.2 Å². The number of hydrogen-bond donors (Lipinski definition) is 1. The zero-order valence-corrected chi connectivity index (χ0v) is 15.5. The van der Waals surface area contributed by atoms with Crippen LogP contribution in [0.15, 0.2) is 89.1 Å². The van der Waals surface area contributed by atoms with E-state index in [0.29, 0.717) is 6.61 Å². The van der Waals surface area contributed by atoms with Crippen molar-refractivity contribution in [3.63, 3.8) is 0 Å². The highest BCUT2D eigenvalue weighted by Gasteiger charge is 2.26. The van der Waals surface area contributed by atoms with Gasteiger partial charge in [0.25, 0.3) is 0 Å². The molecule has 136 valence electrons. The summed E-state index contributed by atoms with van der Waals surface area (Å²) < 4.78 is 0. The molecule has 0 fully saturated rings. The SMILES string of the molecule is Cc1ccc(CO/N=C2/C(c3c[nH]c4ccccc34)=Nc3ccccc32)cc1. The van der Waals surface area contributed by atoms with E-state index in [0.717, 1.165) is 44.7 Å². The monoisotopic (exact) mass is 365 g/mol. The Morgan fingerprint density at radius 3 is 2.57 bits per heavy atom. The first-order valence-electron chi connectivity index (χ1n) is 9.30. The van der Waals surface area contributed by atoms with Gasteiger partial charge in [-0.05, 0) is 24.6 Å². The highest BCUT2D eigenvalue weighted by molar-refractivity contribution is 6.58. The van der Waals surface area contributed by atoms with E-state index in [1.165, 1.54) is 5.56 Å². The Kier molecular flexibility index (Phi) is 4.02. The van der Waals surface area contributed by atoms with Crippen molar-refractivity contribution >= 4 is 28.0 Å². The molecule has 0 aliphatic carbocycles. The summed E-state index contributed by atoms with van der Waals surface area (Å²) in [4.78, 5) is 13.9. The van der Waals surface area contributed by atoms with Gasteiger partial charge in [0.1, 0.15) is 18.0 Å². The number of aryl methyl sites for hydroxylation is 1. The largest absolute Gasteiger partial charge is 0.390 e. The summed E-state index contributed by atoms with van der Waals surface area (Å²) in [5.74, 6) is 0. The second kappa shape index (κ2) is 6.82. The second-order valence-corrected chi connectivity index (χ2v) is 6.92. The predicted molar refractivity (Wildman–Crippen MR) is 113 cm³/mol. The van der Waals surface area contributed by atoms with E-state index < -0.39 is 0 Å². The van der Waals surface area contributed by atoms with Gasteiger partial charge >= 0.3 is 0 Å². The summed E-state index contributed by atoms with van der Waals surface area (Å²) in [6.07, 6.45) is 1.99. The van der Waals surface area contributed by atoms with Gasteiger partial charge in [0.05, 0.1) is 5.69 Å². The van der Waals surface area contributed by atoms with Crippen LogP contribution in [-0.4, -0.2) is 16.4 Å². The van der Waals surface area contributed by atoms with Crippen LogP contribution in [0.1, 0.15) is 22.3 Å². The molecule has 4 nitrogen and oxygen atoms in total. The van der Waals surface area contributed by atoms with E-state index in [1.807, 2.05) is 42.6 Å². The zero-order chi connectivity index (χ0) is 18.9. The standard InChI is InChI=1S/C24H19N3O/c1-16-10-12-17(13-11-16)15-28-27-24-19-7-3-5-9-22(19)26-23(24)20-14-25-21-8-4-2-6-18(20)21/h2-14,25H,15H2,1H3/b27-24+. The number of fused-ring (bicyclic) bond motifs is 2. The lowest BCUT2D eigenvalue weighted by atomic mass is 10.0. The Hall–Kier alpha value is -3.66. The Morgan fingerprint density at radius 2 is 1.68 bits per heavy atom. The van der Waals surface area contributed by atoms with Crippen LogP contribution in [0.5, 0.6) is 0 Å². The minimum absolute atomic E-state index is 0.424. The lowest BCUT2D eigenvalue weighted by Gasteiger charge is -2.05. The van der Waals surface area contributed by atoms with Crippen molar-refractivity contribution in [2.24, 2.45) is 10.1 Å². The number of hydrogen-bond acceptors (Lipinski definition) is 3. The molecule has 1 aromatic heterocycles. The topological polar surface area (TPSA) is 49.7 Å². The maximum absolute atomic E-state index is 5.74. The molecule has 4 aromatic rings. The van der Waals surface area contributed by atoms with Crippen LogP contribution in [0.25, 0.3) is 10.9 Å². The Morgan fingerprint density at radius 1 is 0.893 bits per heavy atom. The van der Waals surface area contributed by atoms with Crippen LogP contribution >= 0.6 is 0 Å².